The Kier molecular flexibility index (Phi) is 5.47. The Labute approximate surface area is 130 Å². The molecular formula is C16H15BrFNO2. The van der Waals surface area contributed by atoms with Gasteiger partial charge in [-0.05, 0) is 36.7 Å². The molecule has 0 radical (unpaired) electrons. The summed E-state index contributed by atoms with van der Waals surface area (Å²) >= 11 is 3.21. The van der Waals surface area contributed by atoms with Crippen LogP contribution in [0.5, 0.6) is 0 Å². The summed E-state index contributed by atoms with van der Waals surface area (Å²) in [4.78, 5) is 11.1. The summed E-state index contributed by atoms with van der Waals surface area (Å²) in [7, 11) is 0. The first kappa shape index (κ1) is 15.7. The van der Waals surface area contributed by atoms with Crippen molar-refractivity contribution in [2.45, 2.75) is 13.0 Å². The third-order valence-corrected chi connectivity index (χ3v) is 3.64. The fourth-order valence-corrected chi connectivity index (χ4v) is 2.39. The Balaban J connectivity index is 1.89. The van der Waals surface area contributed by atoms with Crippen molar-refractivity contribution >= 4 is 21.9 Å². The van der Waals surface area contributed by atoms with E-state index in [4.69, 9.17) is 5.11 Å². The summed E-state index contributed by atoms with van der Waals surface area (Å²) in [5, 5.41) is 12.2. The first-order valence-electron chi connectivity index (χ1n) is 6.54. The Hall–Kier alpha value is -1.72. The molecule has 0 heterocycles. The lowest BCUT2D eigenvalue weighted by Gasteiger charge is -2.08. The molecule has 0 saturated carbocycles. The van der Waals surface area contributed by atoms with Gasteiger partial charge in [0.1, 0.15) is 5.82 Å². The second-order valence-corrected chi connectivity index (χ2v) is 5.54. The van der Waals surface area contributed by atoms with E-state index in [-0.39, 0.29) is 5.82 Å². The number of hydrogen-bond donors (Lipinski definition) is 2. The van der Waals surface area contributed by atoms with Crippen LogP contribution in [0.25, 0.3) is 0 Å². The zero-order chi connectivity index (χ0) is 15.2. The largest absolute Gasteiger partial charge is 0.478 e. The molecule has 3 nitrogen and oxygen atoms in total. The predicted octanol–water partition coefficient (Wildman–Crippen LogP) is 3.62. The van der Waals surface area contributed by atoms with Crippen molar-refractivity contribution in [3.05, 3.63) is 69.4 Å². The highest BCUT2D eigenvalue weighted by molar-refractivity contribution is 9.10. The molecule has 0 spiro atoms. The Morgan fingerprint density at radius 2 is 1.95 bits per heavy atom. The maximum atomic E-state index is 13.6. The summed E-state index contributed by atoms with van der Waals surface area (Å²) in [5.74, 6) is -1.19. The van der Waals surface area contributed by atoms with Crippen molar-refractivity contribution in [1.82, 2.24) is 5.32 Å². The van der Waals surface area contributed by atoms with E-state index >= 15 is 0 Å². The molecule has 0 aromatic heterocycles. The molecule has 0 aliphatic heterocycles. The normalized spacial score (nSPS) is 10.6. The molecule has 2 rings (SSSR count). The molecule has 0 amide bonds. The standard InChI is InChI=1S/C16H15BrFNO2/c17-13-6-5-12(15(18)9-13)10-19-8-7-11-3-1-2-4-14(11)16(20)21/h1-6,9,19H,7-8,10H2,(H,20,21). The molecule has 0 bridgehead atoms. The van der Waals surface area contributed by atoms with E-state index in [0.717, 1.165) is 5.56 Å². The van der Waals surface area contributed by atoms with E-state index < -0.39 is 5.97 Å². The molecule has 0 unspecified atom stereocenters. The number of nitrogens with one attached hydrogen (secondary N) is 1. The van der Waals surface area contributed by atoms with Gasteiger partial charge < -0.3 is 10.4 Å². The second-order valence-electron chi connectivity index (χ2n) is 4.62. The summed E-state index contributed by atoms with van der Waals surface area (Å²) in [6, 6.07) is 11.8. The zero-order valence-corrected chi connectivity index (χ0v) is 12.9. The highest BCUT2D eigenvalue weighted by atomic mass is 79.9. The number of halogens is 2. The second kappa shape index (κ2) is 7.33. The zero-order valence-electron chi connectivity index (χ0n) is 11.3. The number of hydrogen-bond acceptors (Lipinski definition) is 2. The van der Waals surface area contributed by atoms with Gasteiger partial charge in [-0.25, -0.2) is 9.18 Å². The number of carboxylic acid groups (broad SMARTS) is 1. The first-order chi connectivity index (χ1) is 10.1. The fraction of sp³-hybridized carbons (Fsp3) is 0.188. The van der Waals surface area contributed by atoms with Crippen molar-refractivity contribution in [2.24, 2.45) is 0 Å². The molecule has 21 heavy (non-hydrogen) atoms. The van der Waals surface area contributed by atoms with Crippen LogP contribution in [0.3, 0.4) is 0 Å². The summed E-state index contributed by atoms with van der Waals surface area (Å²) in [6.45, 7) is 0.994. The van der Waals surface area contributed by atoms with Gasteiger partial charge in [-0.2, -0.15) is 0 Å². The monoisotopic (exact) mass is 351 g/mol. The van der Waals surface area contributed by atoms with Crippen LogP contribution in [0.4, 0.5) is 4.39 Å². The van der Waals surface area contributed by atoms with Gasteiger partial charge in [0.2, 0.25) is 0 Å². The van der Waals surface area contributed by atoms with Gasteiger partial charge in [0, 0.05) is 16.6 Å². The van der Waals surface area contributed by atoms with E-state index in [2.05, 4.69) is 21.2 Å². The van der Waals surface area contributed by atoms with Gasteiger partial charge in [-0.15, -0.1) is 0 Å². The van der Waals surface area contributed by atoms with Crippen LogP contribution in [-0.4, -0.2) is 17.6 Å². The van der Waals surface area contributed by atoms with E-state index in [1.165, 1.54) is 6.07 Å². The lowest BCUT2D eigenvalue weighted by atomic mass is 10.0. The van der Waals surface area contributed by atoms with Crippen LogP contribution in [0.2, 0.25) is 0 Å². The van der Waals surface area contributed by atoms with Crippen LogP contribution < -0.4 is 5.32 Å². The summed E-state index contributed by atoms with van der Waals surface area (Å²) in [5.41, 5.74) is 1.67. The molecule has 2 aromatic carbocycles. The van der Waals surface area contributed by atoms with E-state index in [1.807, 2.05) is 6.07 Å². The predicted molar refractivity (Wildman–Crippen MR) is 82.9 cm³/mol. The van der Waals surface area contributed by atoms with Gasteiger partial charge in [0.25, 0.3) is 0 Å². The highest BCUT2D eigenvalue weighted by Crippen LogP contribution is 2.15. The van der Waals surface area contributed by atoms with E-state index in [0.29, 0.717) is 35.1 Å². The third-order valence-electron chi connectivity index (χ3n) is 3.15. The summed E-state index contributed by atoms with van der Waals surface area (Å²) in [6.07, 6.45) is 0.584. The van der Waals surface area contributed by atoms with Gasteiger partial charge in [-0.3, -0.25) is 0 Å². The Morgan fingerprint density at radius 1 is 1.19 bits per heavy atom. The molecule has 5 heteroatoms. The molecule has 0 saturated heterocycles. The lowest BCUT2D eigenvalue weighted by molar-refractivity contribution is 0.0695. The van der Waals surface area contributed by atoms with Crippen LogP contribution in [0.15, 0.2) is 46.9 Å². The number of rotatable bonds is 6. The minimum absolute atomic E-state index is 0.261. The lowest BCUT2D eigenvalue weighted by Crippen LogP contribution is -2.18. The molecule has 0 aliphatic rings. The highest BCUT2D eigenvalue weighted by Gasteiger charge is 2.08. The van der Waals surface area contributed by atoms with Crippen LogP contribution in [0, 0.1) is 5.82 Å². The quantitative estimate of drug-likeness (QED) is 0.781. The van der Waals surface area contributed by atoms with E-state index in [1.54, 1.807) is 30.3 Å². The minimum atomic E-state index is -0.926. The first-order valence-corrected chi connectivity index (χ1v) is 7.33. The smallest absolute Gasteiger partial charge is 0.335 e. The van der Waals surface area contributed by atoms with Crippen molar-refractivity contribution in [3.8, 4) is 0 Å². The average Bonchev–Trinajstić information content (AvgIpc) is 2.45. The van der Waals surface area contributed by atoms with Gasteiger partial charge >= 0.3 is 5.97 Å². The van der Waals surface area contributed by atoms with E-state index in [9.17, 15) is 9.18 Å². The Morgan fingerprint density at radius 3 is 2.67 bits per heavy atom. The number of carboxylic acids is 1. The molecule has 0 aliphatic carbocycles. The fourth-order valence-electron chi connectivity index (χ4n) is 2.06. The molecule has 0 atom stereocenters. The number of aromatic carboxylic acids is 1. The van der Waals surface area contributed by atoms with Crippen molar-refractivity contribution in [1.29, 1.82) is 0 Å². The van der Waals surface area contributed by atoms with Crippen molar-refractivity contribution in [3.63, 3.8) is 0 Å². The maximum Gasteiger partial charge on any atom is 0.335 e. The molecule has 110 valence electrons. The number of carbonyl (C=O) groups is 1. The van der Waals surface area contributed by atoms with Crippen LogP contribution in [0.1, 0.15) is 21.5 Å². The topological polar surface area (TPSA) is 49.3 Å². The number of benzene rings is 2. The maximum absolute atomic E-state index is 13.6. The average molecular weight is 352 g/mol. The molecule has 0 fully saturated rings. The summed E-state index contributed by atoms with van der Waals surface area (Å²) < 4.78 is 14.3. The Bertz CT molecular complexity index is 646. The molecule has 2 aromatic rings. The SMILES string of the molecule is O=C(O)c1ccccc1CCNCc1ccc(Br)cc1F. The van der Waals surface area contributed by atoms with Gasteiger partial charge in [0.15, 0.2) is 0 Å². The van der Waals surface area contributed by atoms with Crippen molar-refractivity contribution in [2.75, 3.05) is 6.54 Å². The third kappa shape index (κ3) is 4.37. The van der Waals surface area contributed by atoms with Gasteiger partial charge in [0.05, 0.1) is 5.56 Å². The minimum Gasteiger partial charge on any atom is -0.478 e. The van der Waals surface area contributed by atoms with Crippen LogP contribution >= 0.6 is 15.9 Å². The van der Waals surface area contributed by atoms with Crippen LogP contribution in [-0.2, 0) is 13.0 Å². The molecular weight excluding hydrogens is 337 g/mol. The molecule has 2 N–H and O–H groups in total. The van der Waals surface area contributed by atoms with Crippen molar-refractivity contribution < 1.29 is 14.3 Å². The van der Waals surface area contributed by atoms with Gasteiger partial charge in [-0.1, -0.05) is 40.2 Å².